The molecule has 2 saturated carbocycles. The Morgan fingerprint density at radius 2 is 2.15 bits per heavy atom. The second kappa shape index (κ2) is 2.98. The third-order valence-corrected chi connectivity index (χ3v) is 3.61. The zero-order valence-electron chi connectivity index (χ0n) is 7.95. The highest BCUT2D eigenvalue weighted by atomic mass is 16.5. The lowest BCUT2D eigenvalue weighted by molar-refractivity contribution is -0.150. The van der Waals surface area contributed by atoms with E-state index in [2.05, 4.69) is 0 Å². The van der Waals surface area contributed by atoms with Gasteiger partial charge in [0.05, 0.1) is 5.41 Å². The summed E-state index contributed by atoms with van der Waals surface area (Å²) in [6, 6.07) is 0. The fourth-order valence-electron chi connectivity index (χ4n) is 2.68. The molecular weight excluding hydrogens is 168 g/mol. The Morgan fingerprint density at radius 1 is 1.54 bits per heavy atom. The van der Waals surface area contributed by atoms with Crippen LogP contribution in [0.25, 0.3) is 0 Å². The lowest BCUT2D eigenvalue weighted by Crippen LogP contribution is -2.30. The summed E-state index contributed by atoms with van der Waals surface area (Å²) in [6.45, 7) is 0.575. The van der Waals surface area contributed by atoms with E-state index >= 15 is 0 Å². The zero-order chi connectivity index (χ0) is 9.47. The van der Waals surface area contributed by atoms with Gasteiger partial charge in [0.2, 0.25) is 0 Å². The van der Waals surface area contributed by atoms with Crippen LogP contribution in [0, 0.1) is 17.3 Å². The normalized spacial score (nSPS) is 41.6. The van der Waals surface area contributed by atoms with E-state index in [1.807, 2.05) is 0 Å². The minimum Gasteiger partial charge on any atom is -0.481 e. The predicted octanol–water partition coefficient (Wildman–Crippen LogP) is 1.52. The highest BCUT2D eigenvalue weighted by molar-refractivity contribution is 5.75. The first-order valence-corrected chi connectivity index (χ1v) is 4.90. The van der Waals surface area contributed by atoms with E-state index in [0.717, 1.165) is 12.8 Å². The maximum absolute atomic E-state index is 11.1. The maximum Gasteiger partial charge on any atom is 0.309 e. The Labute approximate surface area is 78.1 Å². The van der Waals surface area contributed by atoms with Crippen LogP contribution in [0.2, 0.25) is 0 Å². The van der Waals surface area contributed by atoms with Gasteiger partial charge in [-0.3, -0.25) is 4.79 Å². The number of methoxy groups -OCH3 is 1. The Bertz CT molecular complexity index is 214. The first kappa shape index (κ1) is 9.00. The average molecular weight is 184 g/mol. The van der Waals surface area contributed by atoms with Crippen molar-refractivity contribution in [1.29, 1.82) is 0 Å². The standard InChI is InChI=1S/C10H16O3/c1-13-3-2-10(9(11)12)5-7-4-8(7)6-10/h7-8H,2-6H2,1H3,(H,11,12). The third-order valence-electron chi connectivity index (χ3n) is 3.61. The van der Waals surface area contributed by atoms with E-state index in [4.69, 9.17) is 4.74 Å². The van der Waals surface area contributed by atoms with Gasteiger partial charge in [-0.1, -0.05) is 0 Å². The minimum atomic E-state index is -0.614. The molecule has 3 heteroatoms. The van der Waals surface area contributed by atoms with Gasteiger partial charge in [-0.05, 0) is 37.5 Å². The molecule has 2 fully saturated rings. The predicted molar refractivity (Wildman–Crippen MR) is 47.4 cm³/mol. The molecule has 74 valence electrons. The second-order valence-corrected chi connectivity index (χ2v) is 4.49. The number of ether oxygens (including phenoxy) is 1. The molecular formula is C10H16O3. The molecule has 2 aliphatic rings. The molecule has 0 spiro atoms. The topological polar surface area (TPSA) is 46.5 Å². The van der Waals surface area contributed by atoms with Crippen LogP contribution in [0.4, 0.5) is 0 Å². The van der Waals surface area contributed by atoms with Gasteiger partial charge in [-0.15, -0.1) is 0 Å². The van der Waals surface area contributed by atoms with E-state index in [9.17, 15) is 9.90 Å². The summed E-state index contributed by atoms with van der Waals surface area (Å²) in [4.78, 5) is 11.1. The number of rotatable bonds is 4. The Morgan fingerprint density at radius 3 is 2.62 bits per heavy atom. The van der Waals surface area contributed by atoms with Crippen molar-refractivity contribution >= 4 is 5.97 Å². The van der Waals surface area contributed by atoms with E-state index in [0.29, 0.717) is 24.9 Å². The van der Waals surface area contributed by atoms with Gasteiger partial charge in [-0.2, -0.15) is 0 Å². The number of hydrogen-bond acceptors (Lipinski definition) is 2. The van der Waals surface area contributed by atoms with Crippen LogP contribution < -0.4 is 0 Å². The van der Waals surface area contributed by atoms with Crippen molar-refractivity contribution < 1.29 is 14.6 Å². The van der Waals surface area contributed by atoms with E-state index in [-0.39, 0.29) is 0 Å². The van der Waals surface area contributed by atoms with Gasteiger partial charge in [0, 0.05) is 13.7 Å². The Hall–Kier alpha value is -0.570. The van der Waals surface area contributed by atoms with Crippen molar-refractivity contribution in [2.45, 2.75) is 25.7 Å². The van der Waals surface area contributed by atoms with Crippen molar-refractivity contribution in [2.24, 2.45) is 17.3 Å². The molecule has 13 heavy (non-hydrogen) atoms. The van der Waals surface area contributed by atoms with Crippen LogP contribution in [0.15, 0.2) is 0 Å². The number of carboxylic acids is 1. The van der Waals surface area contributed by atoms with Crippen LogP contribution in [0.3, 0.4) is 0 Å². The average Bonchev–Trinajstić information content (AvgIpc) is 2.71. The highest BCUT2D eigenvalue weighted by Gasteiger charge is 2.57. The maximum atomic E-state index is 11.1. The van der Waals surface area contributed by atoms with Crippen LogP contribution in [0.5, 0.6) is 0 Å². The number of carbonyl (C=O) groups is 1. The Balaban J connectivity index is 1.99. The number of hydrogen-bond donors (Lipinski definition) is 1. The third kappa shape index (κ3) is 1.46. The molecule has 0 aromatic rings. The smallest absolute Gasteiger partial charge is 0.309 e. The minimum absolute atomic E-state index is 0.441. The van der Waals surface area contributed by atoms with E-state index < -0.39 is 11.4 Å². The molecule has 0 bridgehead atoms. The van der Waals surface area contributed by atoms with Gasteiger partial charge in [0.15, 0.2) is 0 Å². The van der Waals surface area contributed by atoms with Crippen LogP contribution in [0.1, 0.15) is 25.7 Å². The lowest BCUT2D eigenvalue weighted by Gasteiger charge is -2.25. The summed E-state index contributed by atoms with van der Waals surface area (Å²) in [5, 5.41) is 9.17. The highest BCUT2D eigenvalue weighted by Crippen LogP contribution is 2.61. The molecule has 0 aliphatic heterocycles. The van der Waals surface area contributed by atoms with Gasteiger partial charge < -0.3 is 9.84 Å². The zero-order valence-corrected chi connectivity index (χ0v) is 7.95. The molecule has 2 aliphatic carbocycles. The molecule has 0 heterocycles. The molecule has 2 unspecified atom stereocenters. The molecule has 2 atom stereocenters. The summed E-state index contributed by atoms with van der Waals surface area (Å²) in [5.74, 6) is 0.817. The molecule has 0 amide bonds. The summed E-state index contributed by atoms with van der Waals surface area (Å²) in [5.41, 5.74) is -0.441. The van der Waals surface area contributed by atoms with Crippen molar-refractivity contribution in [3.63, 3.8) is 0 Å². The van der Waals surface area contributed by atoms with E-state index in [1.165, 1.54) is 6.42 Å². The summed E-state index contributed by atoms with van der Waals surface area (Å²) in [6.07, 6.45) is 3.72. The van der Waals surface area contributed by atoms with Gasteiger partial charge in [0.25, 0.3) is 0 Å². The van der Waals surface area contributed by atoms with Crippen LogP contribution in [-0.2, 0) is 9.53 Å². The molecule has 0 aromatic carbocycles. The lowest BCUT2D eigenvalue weighted by atomic mass is 9.80. The quantitative estimate of drug-likeness (QED) is 0.720. The molecule has 2 rings (SSSR count). The van der Waals surface area contributed by atoms with Crippen molar-refractivity contribution in [1.82, 2.24) is 0 Å². The number of aliphatic carboxylic acids is 1. The van der Waals surface area contributed by atoms with Gasteiger partial charge in [-0.25, -0.2) is 0 Å². The molecule has 0 saturated heterocycles. The number of fused-ring (bicyclic) bond motifs is 1. The van der Waals surface area contributed by atoms with Crippen LogP contribution >= 0.6 is 0 Å². The number of carboxylic acid groups (broad SMARTS) is 1. The van der Waals surface area contributed by atoms with Crippen molar-refractivity contribution in [2.75, 3.05) is 13.7 Å². The Kier molecular flexibility index (Phi) is 2.06. The summed E-state index contributed by atoms with van der Waals surface area (Å²) >= 11 is 0. The summed E-state index contributed by atoms with van der Waals surface area (Å²) < 4.78 is 4.97. The molecule has 3 nitrogen and oxygen atoms in total. The second-order valence-electron chi connectivity index (χ2n) is 4.49. The van der Waals surface area contributed by atoms with Gasteiger partial charge >= 0.3 is 5.97 Å². The monoisotopic (exact) mass is 184 g/mol. The largest absolute Gasteiger partial charge is 0.481 e. The first-order chi connectivity index (χ1) is 6.18. The first-order valence-electron chi connectivity index (χ1n) is 4.90. The van der Waals surface area contributed by atoms with Crippen LogP contribution in [-0.4, -0.2) is 24.8 Å². The van der Waals surface area contributed by atoms with Crippen molar-refractivity contribution in [3.8, 4) is 0 Å². The molecule has 0 radical (unpaired) electrons. The van der Waals surface area contributed by atoms with Crippen molar-refractivity contribution in [3.05, 3.63) is 0 Å². The SMILES string of the molecule is COCCC1(C(=O)O)CC2CC2C1. The van der Waals surface area contributed by atoms with E-state index in [1.54, 1.807) is 7.11 Å². The van der Waals surface area contributed by atoms with Gasteiger partial charge in [0.1, 0.15) is 0 Å². The molecule has 1 N–H and O–H groups in total. The fourth-order valence-corrected chi connectivity index (χ4v) is 2.68. The fraction of sp³-hybridized carbons (Fsp3) is 0.900. The molecule has 0 aromatic heterocycles. The summed E-state index contributed by atoms with van der Waals surface area (Å²) in [7, 11) is 1.63.